The van der Waals surface area contributed by atoms with Crippen LogP contribution in [0.2, 0.25) is 0 Å². The number of rotatable bonds is 6. The van der Waals surface area contributed by atoms with Crippen molar-refractivity contribution in [2.45, 2.75) is 20.3 Å². The summed E-state index contributed by atoms with van der Waals surface area (Å²) in [5, 5.41) is 5.21. The van der Waals surface area contributed by atoms with Crippen molar-refractivity contribution in [1.29, 1.82) is 0 Å². The second kappa shape index (κ2) is 13.3. The number of para-hydroxylation sites is 1. The minimum atomic E-state index is 0.976. The van der Waals surface area contributed by atoms with Gasteiger partial charge in [0.15, 0.2) is 0 Å². The maximum absolute atomic E-state index is 2.37. The third-order valence-corrected chi connectivity index (χ3v) is 11.7. The molecule has 0 aliphatic heterocycles. The lowest BCUT2D eigenvalue weighted by Crippen LogP contribution is -2.11. The van der Waals surface area contributed by atoms with Gasteiger partial charge < -0.3 is 4.90 Å². The molecule has 8 aromatic carbocycles. The monoisotopic (exact) mass is 703 g/mol. The Bertz CT molecular complexity index is 2920. The van der Waals surface area contributed by atoms with Crippen LogP contribution in [0.3, 0.4) is 0 Å². The van der Waals surface area contributed by atoms with E-state index < -0.39 is 0 Å². The summed E-state index contributed by atoms with van der Waals surface area (Å²) < 4.78 is 0. The first kappa shape index (κ1) is 32.9. The van der Waals surface area contributed by atoms with Crippen LogP contribution in [0.1, 0.15) is 24.5 Å². The van der Waals surface area contributed by atoms with Gasteiger partial charge in [0.2, 0.25) is 0 Å². The summed E-state index contributed by atoms with van der Waals surface area (Å²) in [6.07, 6.45) is 9.99. The Kier molecular flexibility index (Phi) is 7.96. The minimum absolute atomic E-state index is 0.976. The van der Waals surface area contributed by atoms with E-state index in [0.29, 0.717) is 0 Å². The van der Waals surface area contributed by atoms with Gasteiger partial charge >= 0.3 is 0 Å². The van der Waals surface area contributed by atoms with Gasteiger partial charge in [0.25, 0.3) is 0 Å². The van der Waals surface area contributed by atoms with E-state index in [1.54, 1.807) is 0 Å². The molecule has 0 heterocycles. The lowest BCUT2D eigenvalue weighted by Gasteiger charge is -2.25. The van der Waals surface area contributed by atoms with Crippen LogP contribution in [0.25, 0.3) is 82.8 Å². The highest BCUT2D eigenvalue weighted by molar-refractivity contribution is 6.23. The highest BCUT2D eigenvalue weighted by atomic mass is 15.1. The van der Waals surface area contributed by atoms with Crippen molar-refractivity contribution < 1.29 is 0 Å². The van der Waals surface area contributed by atoms with E-state index in [1.165, 1.54) is 111 Å². The molecule has 0 fully saturated rings. The lowest BCUT2D eigenvalue weighted by atomic mass is 9.92. The molecule has 1 heteroatoms. The molecule has 2 aliphatic carbocycles. The Balaban J connectivity index is 0.984. The average molecular weight is 704 g/mol. The fourth-order valence-electron chi connectivity index (χ4n) is 8.89. The molecule has 0 unspecified atom stereocenters. The fraction of sp³-hybridized carbons (Fsp3) is 0.0741. The van der Waals surface area contributed by atoms with E-state index in [1.807, 2.05) is 0 Å². The van der Waals surface area contributed by atoms with Crippen molar-refractivity contribution in [1.82, 2.24) is 0 Å². The van der Waals surface area contributed by atoms with Crippen molar-refractivity contribution in [3.63, 3.8) is 0 Å². The highest BCUT2D eigenvalue weighted by Crippen LogP contribution is 2.52. The van der Waals surface area contributed by atoms with Crippen LogP contribution in [0, 0.1) is 6.92 Å². The number of fused-ring (bicyclic) bond motifs is 5. The van der Waals surface area contributed by atoms with Gasteiger partial charge in [-0.3, -0.25) is 0 Å². The Morgan fingerprint density at radius 1 is 0.436 bits per heavy atom. The van der Waals surface area contributed by atoms with Gasteiger partial charge in [-0.1, -0.05) is 158 Å². The van der Waals surface area contributed by atoms with E-state index in [0.717, 1.165) is 6.42 Å². The van der Waals surface area contributed by atoms with Gasteiger partial charge in [-0.2, -0.15) is 0 Å². The van der Waals surface area contributed by atoms with Crippen LogP contribution >= 0.6 is 0 Å². The quantitative estimate of drug-likeness (QED) is 0.167. The lowest BCUT2D eigenvalue weighted by molar-refractivity contribution is 1.22. The van der Waals surface area contributed by atoms with Crippen LogP contribution in [-0.4, -0.2) is 7.05 Å². The first-order valence-electron chi connectivity index (χ1n) is 19.3. The summed E-state index contributed by atoms with van der Waals surface area (Å²) >= 11 is 0. The largest absolute Gasteiger partial charge is 0.344 e. The summed E-state index contributed by atoms with van der Waals surface area (Å²) in [5.41, 5.74) is 20.2. The van der Waals surface area contributed by atoms with Crippen molar-refractivity contribution in [2.75, 3.05) is 11.9 Å². The summed E-state index contributed by atoms with van der Waals surface area (Å²) in [6.45, 7) is 4.42. The van der Waals surface area contributed by atoms with Crippen LogP contribution in [-0.2, 0) is 0 Å². The van der Waals surface area contributed by atoms with E-state index in [4.69, 9.17) is 0 Å². The third-order valence-electron chi connectivity index (χ3n) is 11.7. The molecule has 2 aliphatic rings. The molecule has 0 saturated heterocycles. The summed E-state index contributed by atoms with van der Waals surface area (Å²) in [6, 6.07) is 58.4. The third kappa shape index (κ3) is 5.55. The Labute approximate surface area is 323 Å². The first-order chi connectivity index (χ1) is 27.0. The standard InChI is InChI=1S/C54H41N/c1-35-13-5-4-6-17-43(35)50-34-41(24-23-36(50)2)38-27-25-37(26-28-38)40-15-11-16-42(33-40)44-18-9-10-22-51(44)55(3)52-32-31-47-46-30-29-39-14-7-8-19-45(39)53(46)49-21-12-20-48(52)54(47)49/h5-34H,4H2,1-3H3. The SMILES string of the molecule is CC1=C(c2cc(-c3ccc(-c4cccc(-c5ccccc5N(C)c5ccc6c7c(cccc57)-c5c-6ccc6ccccc56)c4)cc3)ccc2C)C=CCC=C1. The van der Waals surface area contributed by atoms with E-state index in [-0.39, 0.29) is 0 Å². The molecule has 0 saturated carbocycles. The molecule has 0 aromatic heterocycles. The topological polar surface area (TPSA) is 3.24 Å². The molecular formula is C54H41N. The van der Waals surface area contributed by atoms with Gasteiger partial charge in [-0.25, -0.2) is 0 Å². The number of anilines is 2. The fourth-order valence-corrected chi connectivity index (χ4v) is 8.89. The summed E-state index contributed by atoms with van der Waals surface area (Å²) in [5.74, 6) is 0. The van der Waals surface area contributed by atoms with Crippen molar-refractivity contribution in [3.05, 3.63) is 199 Å². The number of allylic oxidation sites excluding steroid dienone is 6. The predicted molar refractivity (Wildman–Crippen MR) is 237 cm³/mol. The zero-order valence-electron chi connectivity index (χ0n) is 31.5. The molecule has 262 valence electrons. The Morgan fingerprint density at radius 2 is 1.11 bits per heavy atom. The van der Waals surface area contributed by atoms with E-state index >= 15 is 0 Å². The number of benzene rings is 8. The molecule has 10 rings (SSSR count). The molecule has 1 nitrogen and oxygen atoms in total. The van der Waals surface area contributed by atoms with E-state index in [9.17, 15) is 0 Å². The average Bonchev–Trinajstić information content (AvgIpc) is 3.42. The molecule has 55 heavy (non-hydrogen) atoms. The van der Waals surface area contributed by atoms with Crippen LogP contribution in [0.4, 0.5) is 11.4 Å². The van der Waals surface area contributed by atoms with Crippen molar-refractivity contribution in [3.8, 4) is 55.6 Å². The van der Waals surface area contributed by atoms with Crippen LogP contribution in [0.5, 0.6) is 0 Å². The summed E-state index contributed by atoms with van der Waals surface area (Å²) in [7, 11) is 2.21. The van der Waals surface area contributed by atoms with Crippen LogP contribution < -0.4 is 4.90 Å². The van der Waals surface area contributed by atoms with Gasteiger partial charge in [0.1, 0.15) is 0 Å². The zero-order chi connectivity index (χ0) is 37.0. The summed E-state index contributed by atoms with van der Waals surface area (Å²) in [4.78, 5) is 2.37. The Morgan fingerprint density at radius 3 is 1.98 bits per heavy atom. The second-order valence-electron chi connectivity index (χ2n) is 15.0. The molecule has 0 atom stereocenters. The smallest absolute Gasteiger partial charge is 0.0488 e. The van der Waals surface area contributed by atoms with Gasteiger partial charge in [-0.05, 0) is 133 Å². The molecule has 0 amide bonds. The molecule has 0 bridgehead atoms. The minimum Gasteiger partial charge on any atom is -0.344 e. The first-order valence-corrected chi connectivity index (χ1v) is 19.3. The molecule has 0 N–H and O–H groups in total. The van der Waals surface area contributed by atoms with Crippen LogP contribution in [0.15, 0.2) is 188 Å². The van der Waals surface area contributed by atoms with Gasteiger partial charge in [0, 0.05) is 29.4 Å². The number of aryl methyl sites for hydroxylation is 1. The van der Waals surface area contributed by atoms with Crippen molar-refractivity contribution in [2.24, 2.45) is 0 Å². The number of hydrogen-bond donors (Lipinski definition) is 0. The predicted octanol–water partition coefficient (Wildman–Crippen LogP) is 15.0. The van der Waals surface area contributed by atoms with E-state index in [2.05, 4.69) is 208 Å². The molecule has 0 spiro atoms. The second-order valence-corrected chi connectivity index (χ2v) is 15.0. The number of nitrogens with zero attached hydrogens (tertiary/aromatic N) is 1. The maximum atomic E-state index is 2.37. The number of hydrogen-bond acceptors (Lipinski definition) is 1. The molecule has 0 radical (unpaired) electrons. The molecular weight excluding hydrogens is 663 g/mol. The maximum Gasteiger partial charge on any atom is 0.0488 e. The molecule has 8 aromatic rings. The van der Waals surface area contributed by atoms with Gasteiger partial charge in [0.05, 0.1) is 0 Å². The normalized spacial score (nSPS) is 13.1. The zero-order valence-corrected chi connectivity index (χ0v) is 31.5. The highest BCUT2D eigenvalue weighted by Gasteiger charge is 2.25. The van der Waals surface area contributed by atoms with Gasteiger partial charge in [-0.15, -0.1) is 0 Å². The Hall–Kier alpha value is -6.70. The van der Waals surface area contributed by atoms with Crippen molar-refractivity contribution >= 4 is 38.5 Å².